The molecule has 6 nitrogen and oxygen atoms in total. The fraction of sp³-hybridized carbons (Fsp3) is 0.154. The molecule has 1 heterocycles. The van der Waals surface area contributed by atoms with E-state index < -0.39 is 0 Å². The largest absolute Gasteiger partial charge is 0.493 e. The highest BCUT2D eigenvalue weighted by Gasteiger charge is 2.35. The normalized spacial score (nSPS) is 14.5. The molecule has 0 spiro atoms. The molecule has 1 fully saturated rings. The van der Waals surface area contributed by atoms with Crippen LogP contribution in [0.3, 0.4) is 0 Å². The first-order valence-electron chi connectivity index (χ1n) is 10.5. The van der Waals surface area contributed by atoms with Gasteiger partial charge in [-0.3, -0.25) is 14.5 Å². The minimum Gasteiger partial charge on any atom is -0.493 e. The Morgan fingerprint density at radius 3 is 2.38 bits per heavy atom. The Bertz CT molecular complexity index is 1200. The monoisotopic (exact) mass is 539 g/mol. The lowest BCUT2D eigenvalue weighted by Crippen LogP contribution is -2.27. The van der Waals surface area contributed by atoms with Crippen LogP contribution >= 0.6 is 27.7 Å². The zero-order chi connectivity index (χ0) is 23.9. The maximum absolute atomic E-state index is 12.8. The summed E-state index contributed by atoms with van der Waals surface area (Å²) in [4.78, 5) is 26.9. The summed E-state index contributed by atoms with van der Waals surface area (Å²) in [6, 6.07) is 22.4. The molecule has 0 saturated carbocycles. The van der Waals surface area contributed by atoms with E-state index in [1.807, 2.05) is 60.7 Å². The summed E-state index contributed by atoms with van der Waals surface area (Å²) in [5.74, 6) is 1.57. The van der Waals surface area contributed by atoms with E-state index in [9.17, 15) is 9.59 Å². The first kappa shape index (κ1) is 23.9. The minimum atomic E-state index is -0.310. The van der Waals surface area contributed by atoms with Crippen molar-refractivity contribution in [3.05, 3.63) is 93.3 Å². The quantitative estimate of drug-likeness (QED) is 0.240. The molecule has 0 unspecified atom stereocenters. The summed E-state index contributed by atoms with van der Waals surface area (Å²) in [6.07, 6.45) is 1.69. The lowest BCUT2D eigenvalue weighted by molar-refractivity contribution is -0.123. The summed E-state index contributed by atoms with van der Waals surface area (Å²) in [6.45, 7) is 0.969. The molecule has 8 heteroatoms. The van der Waals surface area contributed by atoms with E-state index in [0.29, 0.717) is 29.6 Å². The first-order valence-corrected chi connectivity index (χ1v) is 12.1. The van der Waals surface area contributed by atoms with Crippen molar-refractivity contribution in [2.75, 3.05) is 20.3 Å². The van der Waals surface area contributed by atoms with Crippen LogP contribution in [-0.4, -0.2) is 36.4 Å². The Hall–Kier alpha value is -3.23. The van der Waals surface area contributed by atoms with Crippen molar-refractivity contribution in [1.82, 2.24) is 4.90 Å². The van der Waals surface area contributed by atoms with Crippen LogP contribution in [0.4, 0.5) is 4.79 Å². The van der Waals surface area contributed by atoms with Gasteiger partial charge in [-0.25, -0.2) is 0 Å². The van der Waals surface area contributed by atoms with Crippen molar-refractivity contribution in [1.29, 1.82) is 0 Å². The van der Waals surface area contributed by atoms with Gasteiger partial charge in [0.2, 0.25) is 0 Å². The Morgan fingerprint density at radius 1 is 0.912 bits per heavy atom. The third kappa shape index (κ3) is 6.01. The molecular weight excluding hydrogens is 518 g/mol. The molecule has 4 rings (SSSR count). The average Bonchev–Trinajstić information content (AvgIpc) is 3.11. The van der Waals surface area contributed by atoms with Crippen LogP contribution in [0, 0.1) is 0 Å². The summed E-state index contributed by atoms with van der Waals surface area (Å²) < 4.78 is 17.8. The van der Waals surface area contributed by atoms with Crippen molar-refractivity contribution in [3.8, 4) is 17.2 Å². The van der Waals surface area contributed by atoms with Crippen LogP contribution < -0.4 is 14.2 Å². The Morgan fingerprint density at radius 2 is 1.65 bits per heavy atom. The molecule has 0 bridgehead atoms. The average molecular weight is 540 g/mol. The molecule has 0 radical (unpaired) electrons. The van der Waals surface area contributed by atoms with Crippen molar-refractivity contribution in [2.24, 2.45) is 0 Å². The van der Waals surface area contributed by atoms with Gasteiger partial charge in [0.25, 0.3) is 11.1 Å². The number of hydrogen-bond acceptors (Lipinski definition) is 6. The smallest absolute Gasteiger partial charge is 0.293 e. The van der Waals surface area contributed by atoms with Crippen LogP contribution in [0.5, 0.6) is 17.2 Å². The molecule has 1 aliphatic heterocycles. The molecule has 1 saturated heterocycles. The predicted molar refractivity (Wildman–Crippen MR) is 136 cm³/mol. The summed E-state index contributed by atoms with van der Waals surface area (Å²) in [5, 5.41) is -0.287. The molecular formula is C26H22BrNO5S. The lowest BCUT2D eigenvalue weighted by atomic mass is 10.1. The zero-order valence-electron chi connectivity index (χ0n) is 18.4. The molecule has 1 aliphatic rings. The van der Waals surface area contributed by atoms with E-state index in [1.165, 1.54) is 4.90 Å². The second kappa shape index (κ2) is 11.3. The Labute approximate surface area is 210 Å². The number of carbonyl (C=O) groups is 2. The lowest BCUT2D eigenvalue weighted by Gasteiger charge is -2.13. The first-order chi connectivity index (χ1) is 16.5. The summed E-state index contributed by atoms with van der Waals surface area (Å²) in [5.41, 5.74) is 1.62. The fourth-order valence-corrected chi connectivity index (χ4v) is 4.38. The number of rotatable bonds is 9. The molecule has 3 aromatic rings. The van der Waals surface area contributed by atoms with Crippen LogP contribution in [0.15, 0.2) is 82.2 Å². The molecule has 3 aromatic carbocycles. The van der Waals surface area contributed by atoms with Gasteiger partial charge >= 0.3 is 0 Å². The second-order valence-corrected chi connectivity index (χ2v) is 9.22. The molecule has 0 atom stereocenters. The van der Waals surface area contributed by atoms with Crippen LogP contribution in [-0.2, 0) is 11.3 Å². The molecule has 0 aliphatic carbocycles. The van der Waals surface area contributed by atoms with E-state index in [-0.39, 0.29) is 17.7 Å². The number of methoxy groups -OCH3 is 1. The van der Waals surface area contributed by atoms with E-state index in [1.54, 1.807) is 25.3 Å². The fourth-order valence-electron chi connectivity index (χ4n) is 3.28. The van der Waals surface area contributed by atoms with Gasteiger partial charge in [-0.1, -0.05) is 52.3 Å². The molecule has 2 amide bonds. The maximum Gasteiger partial charge on any atom is 0.293 e. The van der Waals surface area contributed by atoms with Crippen molar-refractivity contribution < 1.29 is 23.8 Å². The van der Waals surface area contributed by atoms with Crippen molar-refractivity contribution in [3.63, 3.8) is 0 Å². The zero-order valence-corrected chi connectivity index (χ0v) is 20.8. The van der Waals surface area contributed by atoms with E-state index in [2.05, 4.69) is 15.9 Å². The number of nitrogens with zero attached hydrogens (tertiary/aromatic N) is 1. The molecule has 0 aromatic heterocycles. The highest BCUT2D eigenvalue weighted by Crippen LogP contribution is 2.35. The highest BCUT2D eigenvalue weighted by molar-refractivity contribution is 9.10. The highest BCUT2D eigenvalue weighted by atomic mass is 79.9. The van der Waals surface area contributed by atoms with E-state index >= 15 is 0 Å². The van der Waals surface area contributed by atoms with Gasteiger partial charge in [-0.2, -0.15) is 0 Å². The van der Waals surface area contributed by atoms with E-state index in [0.717, 1.165) is 33.1 Å². The van der Waals surface area contributed by atoms with Crippen molar-refractivity contribution in [2.45, 2.75) is 6.54 Å². The number of benzene rings is 3. The standard InChI is InChI=1S/C26H22BrNO5S/c1-31-23-15-19(9-12-22(23)33-14-13-32-21-5-3-2-4-6-21)16-24-25(29)28(26(30)34-24)17-18-7-10-20(27)11-8-18/h2-12,15-16H,13-14,17H2,1H3/b24-16-. The van der Waals surface area contributed by atoms with Crippen LogP contribution in [0.25, 0.3) is 6.08 Å². The molecule has 34 heavy (non-hydrogen) atoms. The van der Waals surface area contributed by atoms with Gasteiger partial charge in [0.1, 0.15) is 19.0 Å². The summed E-state index contributed by atoms with van der Waals surface area (Å²) >= 11 is 4.32. The van der Waals surface area contributed by atoms with Crippen LogP contribution in [0.1, 0.15) is 11.1 Å². The van der Waals surface area contributed by atoms with Gasteiger partial charge in [-0.15, -0.1) is 0 Å². The van der Waals surface area contributed by atoms with E-state index in [4.69, 9.17) is 14.2 Å². The number of carbonyl (C=O) groups excluding carboxylic acids is 2. The van der Waals surface area contributed by atoms with Gasteiger partial charge in [-0.05, 0) is 65.4 Å². The predicted octanol–water partition coefficient (Wildman–Crippen LogP) is 6.15. The maximum atomic E-state index is 12.8. The number of ether oxygens (including phenoxy) is 3. The minimum absolute atomic E-state index is 0.233. The van der Waals surface area contributed by atoms with Gasteiger partial charge in [0, 0.05) is 4.47 Å². The Kier molecular flexibility index (Phi) is 7.92. The number of amides is 2. The third-order valence-electron chi connectivity index (χ3n) is 4.97. The van der Waals surface area contributed by atoms with Gasteiger partial charge in [0.05, 0.1) is 18.6 Å². The van der Waals surface area contributed by atoms with Gasteiger partial charge < -0.3 is 14.2 Å². The second-order valence-electron chi connectivity index (χ2n) is 7.31. The topological polar surface area (TPSA) is 65.1 Å². The molecule has 0 N–H and O–H groups in total. The summed E-state index contributed by atoms with van der Waals surface area (Å²) in [7, 11) is 1.55. The SMILES string of the molecule is COc1cc(/C=C2\SC(=O)N(Cc3ccc(Br)cc3)C2=O)ccc1OCCOc1ccccc1. The number of hydrogen-bond donors (Lipinski definition) is 0. The van der Waals surface area contributed by atoms with Crippen molar-refractivity contribution >= 4 is 44.9 Å². The van der Waals surface area contributed by atoms with Crippen LogP contribution in [0.2, 0.25) is 0 Å². The number of para-hydroxylation sites is 1. The molecule has 174 valence electrons. The Balaban J connectivity index is 1.39. The number of halogens is 1. The third-order valence-corrected chi connectivity index (χ3v) is 6.40. The number of imide groups is 1. The van der Waals surface area contributed by atoms with Gasteiger partial charge in [0.15, 0.2) is 11.5 Å². The number of thioether (sulfide) groups is 1.